The van der Waals surface area contributed by atoms with Crippen molar-refractivity contribution in [2.45, 2.75) is 24.5 Å². The first-order chi connectivity index (χ1) is 12.9. The summed E-state index contributed by atoms with van der Waals surface area (Å²) in [5, 5.41) is 7.11. The van der Waals surface area contributed by atoms with Gasteiger partial charge in [0.1, 0.15) is 37.2 Å². The van der Waals surface area contributed by atoms with Gasteiger partial charge in [0.15, 0.2) is 0 Å². The van der Waals surface area contributed by atoms with Crippen LogP contribution in [0.4, 0.5) is 0 Å². The van der Waals surface area contributed by atoms with E-state index in [0.29, 0.717) is 26.4 Å². The smallest absolute Gasteiger partial charge is 0.138 e. The normalized spacial score (nSPS) is 30.5. The zero-order valence-electron chi connectivity index (χ0n) is 14.4. The lowest BCUT2D eigenvalue weighted by molar-refractivity contribution is -0.116. The zero-order chi connectivity index (χ0) is 17.3. The maximum atomic E-state index is 6.11. The van der Waals surface area contributed by atoms with Crippen LogP contribution in [-0.4, -0.2) is 38.5 Å². The third-order valence-electron chi connectivity index (χ3n) is 5.10. The molecule has 6 nitrogen and oxygen atoms in total. The van der Waals surface area contributed by atoms with Crippen molar-refractivity contribution in [1.82, 2.24) is 10.6 Å². The van der Waals surface area contributed by atoms with Gasteiger partial charge in [0, 0.05) is 11.1 Å². The molecule has 0 spiro atoms. The first-order valence-corrected chi connectivity index (χ1v) is 9.07. The number of hydrogen-bond acceptors (Lipinski definition) is 6. The fourth-order valence-corrected chi connectivity index (χ4v) is 3.77. The van der Waals surface area contributed by atoms with E-state index in [4.69, 9.17) is 18.9 Å². The van der Waals surface area contributed by atoms with Crippen molar-refractivity contribution in [1.29, 1.82) is 0 Å². The van der Waals surface area contributed by atoms with E-state index in [2.05, 4.69) is 10.6 Å². The molecule has 2 saturated heterocycles. The third-order valence-corrected chi connectivity index (χ3v) is 5.10. The first-order valence-electron chi connectivity index (χ1n) is 9.07. The highest BCUT2D eigenvalue weighted by Gasteiger charge is 2.38. The Bertz CT molecular complexity index is 718. The minimum Gasteiger partial charge on any atom is -0.490 e. The van der Waals surface area contributed by atoms with Gasteiger partial charge in [-0.2, -0.15) is 0 Å². The number of nitrogens with one attached hydrogen (secondary N) is 2. The Morgan fingerprint density at radius 2 is 1.12 bits per heavy atom. The minimum atomic E-state index is -0.203. The minimum absolute atomic E-state index is 0.175. The molecule has 0 aromatic heterocycles. The van der Waals surface area contributed by atoms with Gasteiger partial charge in [-0.05, 0) is 12.1 Å². The number of rotatable bonds is 0. The number of para-hydroxylation sites is 2. The summed E-state index contributed by atoms with van der Waals surface area (Å²) >= 11 is 0. The Balaban J connectivity index is 1.50. The summed E-state index contributed by atoms with van der Waals surface area (Å²) < 4.78 is 24.2. The van der Waals surface area contributed by atoms with E-state index in [1.165, 1.54) is 0 Å². The van der Waals surface area contributed by atoms with Crippen molar-refractivity contribution in [2.75, 3.05) is 26.4 Å². The zero-order valence-corrected chi connectivity index (χ0v) is 14.4. The van der Waals surface area contributed by atoms with Crippen molar-refractivity contribution >= 4 is 0 Å². The van der Waals surface area contributed by atoms with Crippen molar-refractivity contribution in [2.24, 2.45) is 0 Å². The molecule has 2 aromatic rings. The maximum absolute atomic E-state index is 6.11. The van der Waals surface area contributed by atoms with E-state index in [1.54, 1.807) is 0 Å². The predicted molar refractivity (Wildman–Crippen MR) is 95.1 cm³/mol. The number of fused-ring (bicyclic) bond motifs is 5. The van der Waals surface area contributed by atoms with Gasteiger partial charge < -0.3 is 18.9 Å². The highest BCUT2D eigenvalue weighted by atomic mass is 16.5. The average molecular weight is 354 g/mol. The molecular weight excluding hydrogens is 332 g/mol. The molecule has 2 fully saturated rings. The largest absolute Gasteiger partial charge is 0.490 e. The van der Waals surface area contributed by atoms with Crippen molar-refractivity contribution in [3.63, 3.8) is 0 Å². The molecule has 0 saturated carbocycles. The van der Waals surface area contributed by atoms with Gasteiger partial charge in [0.05, 0.1) is 25.3 Å². The van der Waals surface area contributed by atoms with Crippen molar-refractivity contribution < 1.29 is 18.9 Å². The molecule has 0 radical (unpaired) electrons. The maximum Gasteiger partial charge on any atom is 0.138 e. The molecule has 2 aromatic carbocycles. The van der Waals surface area contributed by atoms with Crippen LogP contribution in [0.5, 0.6) is 11.5 Å². The van der Waals surface area contributed by atoms with Gasteiger partial charge in [-0.25, -0.2) is 0 Å². The quantitative estimate of drug-likeness (QED) is 0.756. The molecule has 6 rings (SSSR count). The van der Waals surface area contributed by atoms with Crippen LogP contribution in [0.15, 0.2) is 48.5 Å². The molecule has 4 bridgehead atoms. The van der Waals surface area contributed by atoms with Crippen LogP contribution < -0.4 is 20.1 Å². The van der Waals surface area contributed by atoms with Crippen LogP contribution in [0.25, 0.3) is 0 Å². The molecule has 0 aliphatic carbocycles. The van der Waals surface area contributed by atoms with Crippen LogP contribution in [-0.2, 0) is 9.47 Å². The van der Waals surface area contributed by atoms with Crippen molar-refractivity contribution in [3.8, 4) is 11.5 Å². The summed E-state index contributed by atoms with van der Waals surface area (Å²) in [6, 6.07) is 16.3. The highest BCUT2D eigenvalue weighted by molar-refractivity contribution is 5.37. The SMILES string of the molecule is c1ccc2c(c1)OCCOc1ccccc1C1N[C@@H]3COC2N[C@@H]3CO1. The summed E-state index contributed by atoms with van der Waals surface area (Å²) in [6.45, 7) is 2.14. The number of benzene rings is 2. The Kier molecular flexibility index (Phi) is 4.26. The van der Waals surface area contributed by atoms with Gasteiger partial charge in [-0.15, -0.1) is 0 Å². The average Bonchev–Trinajstić information content (AvgIpc) is 2.71. The van der Waals surface area contributed by atoms with Gasteiger partial charge in [-0.3, -0.25) is 10.6 Å². The first kappa shape index (κ1) is 16.1. The number of ether oxygens (including phenoxy) is 4. The van der Waals surface area contributed by atoms with Gasteiger partial charge in [0.25, 0.3) is 0 Å². The molecule has 6 heteroatoms. The Hall–Kier alpha value is -2.12. The molecule has 4 atom stereocenters. The van der Waals surface area contributed by atoms with E-state index < -0.39 is 0 Å². The van der Waals surface area contributed by atoms with Crippen LogP contribution in [0.3, 0.4) is 0 Å². The molecular formula is C20H22N2O4. The second-order valence-corrected chi connectivity index (χ2v) is 6.75. The Morgan fingerprint density at radius 3 is 1.62 bits per heavy atom. The Morgan fingerprint density at radius 1 is 0.654 bits per heavy atom. The van der Waals surface area contributed by atoms with E-state index >= 15 is 0 Å². The van der Waals surface area contributed by atoms with E-state index in [-0.39, 0.29) is 24.5 Å². The topological polar surface area (TPSA) is 61.0 Å². The highest BCUT2D eigenvalue weighted by Crippen LogP contribution is 2.34. The van der Waals surface area contributed by atoms with Gasteiger partial charge in [0.2, 0.25) is 0 Å². The summed E-state index contributed by atoms with van der Waals surface area (Å²) in [4.78, 5) is 0. The third kappa shape index (κ3) is 2.95. The summed E-state index contributed by atoms with van der Waals surface area (Å²) in [6.07, 6.45) is -0.406. The Labute approximate surface area is 152 Å². The van der Waals surface area contributed by atoms with E-state index in [9.17, 15) is 0 Å². The monoisotopic (exact) mass is 354 g/mol. The molecule has 0 amide bonds. The lowest BCUT2D eigenvalue weighted by Crippen LogP contribution is -2.62. The molecule has 2 unspecified atom stereocenters. The number of hydrogen-bond donors (Lipinski definition) is 2. The summed E-state index contributed by atoms with van der Waals surface area (Å²) in [5.41, 5.74) is 2.01. The lowest BCUT2D eigenvalue weighted by atomic mass is 10.0. The van der Waals surface area contributed by atoms with Crippen LogP contribution in [0, 0.1) is 0 Å². The van der Waals surface area contributed by atoms with Gasteiger partial charge in [-0.1, -0.05) is 36.4 Å². The fraction of sp³-hybridized carbons (Fsp3) is 0.400. The molecule has 4 aliphatic rings. The van der Waals surface area contributed by atoms with E-state index in [0.717, 1.165) is 22.6 Å². The van der Waals surface area contributed by atoms with E-state index in [1.807, 2.05) is 48.5 Å². The predicted octanol–water partition coefficient (Wildman–Crippen LogP) is 2.13. The molecule has 2 N–H and O–H groups in total. The molecule has 4 heterocycles. The fourth-order valence-electron chi connectivity index (χ4n) is 3.77. The molecule has 4 aliphatic heterocycles. The second kappa shape index (κ2) is 6.89. The van der Waals surface area contributed by atoms with Crippen molar-refractivity contribution in [3.05, 3.63) is 59.7 Å². The van der Waals surface area contributed by atoms with Gasteiger partial charge >= 0.3 is 0 Å². The molecule has 26 heavy (non-hydrogen) atoms. The standard InChI is InChI=1S/C20H22N2O4/c1-3-7-17-13(5-1)19-21-15-12-26-20(22-16(15)11-25-19)14-6-2-4-8-18(14)24-10-9-23-17/h1-8,15-16,19-22H,9-12H2/t15-,16-,19?,20?/m1/s1. The van der Waals surface area contributed by atoms with Crippen LogP contribution in [0.2, 0.25) is 0 Å². The van der Waals surface area contributed by atoms with Crippen LogP contribution in [0.1, 0.15) is 23.6 Å². The second-order valence-electron chi connectivity index (χ2n) is 6.75. The molecule has 136 valence electrons. The summed E-state index contributed by atoms with van der Waals surface area (Å²) in [5.74, 6) is 1.64. The van der Waals surface area contributed by atoms with Crippen LogP contribution >= 0.6 is 0 Å². The summed E-state index contributed by atoms with van der Waals surface area (Å²) in [7, 11) is 0. The lowest BCUT2D eigenvalue weighted by Gasteiger charge is -2.44.